The van der Waals surface area contributed by atoms with Crippen LogP contribution in [0.3, 0.4) is 0 Å². The van der Waals surface area contributed by atoms with Crippen LogP contribution in [0.5, 0.6) is 5.75 Å². The number of H-pyrrole nitrogens is 1. The maximum absolute atomic E-state index is 12.1. The largest absolute Gasteiger partial charge is 0.486 e. The van der Waals surface area contributed by atoms with Gasteiger partial charge in [0, 0.05) is 16.3 Å². The number of benzene rings is 3. The Bertz CT molecular complexity index is 1270. The molecule has 7 heteroatoms. The number of sulfone groups is 1. The highest BCUT2D eigenvalue weighted by molar-refractivity contribution is 9.10. The zero-order valence-electron chi connectivity index (χ0n) is 15.0. The van der Waals surface area contributed by atoms with E-state index in [1.807, 2.05) is 54.6 Å². The molecule has 0 unspecified atom stereocenters. The summed E-state index contributed by atoms with van der Waals surface area (Å²) in [6.07, 6.45) is 1.22. The molecule has 1 heterocycles. The van der Waals surface area contributed by atoms with Crippen LogP contribution < -0.4 is 4.74 Å². The fraction of sp³-hybridized carbons (Fsp3) is 0.0952. The van der Waals surface area contributed by atoms with Gasteiger partial charge in [0.2, 0.25) is 0 Å². The van der Waals surface area contributed by atoms with Crippen molar-refractivity contribution in [1.29, 1.82) is 0 Å². The Labute approximate surface area is 171 Å². The second-order valence-corrected chi connectivity index (χ2v) is 9.33. The third kappa shape index (κ3) is 3.95. The maximum atomic E-state index is 12.1. The molecular weight excluding hydrogens is 440 g/mol. The van der Waals surface area contributed by atoms with Crippen molar-refractivity contribution >= 4 is 36.8 Å². The number of aromatic nitrogens is 2. The number of imidazole rings is 1. The lowest BCUT2D eigenvalue weighted by molar-refractivity contribution is 0.297. The minimum absolute atomic E-state index is 0.306. The van der Waals surface area contributed by atoms with Crippen LogP contribution in [0, 0.1) is 0 Å². The van der Waals surface area contributed by atoms with E-state index in [1.54, 1.807) is 12.1 Å². The molecule has 0 fully saturated rings. The van der Waals surface area contributed by atoms with Gasteiger partial charge in [-0.2, -0.15) is 0 Å². The van der Waals surface area contributed by atoms with E-state index < -0.39 is 9.84 Å². The summed E-state index contributed by atoms with van der Waals surface area (Å²) < 4.78 is 30.9. The average molecular weight is 457 g/mol. The summed E-state index contributed by atoms with van der Waals surface area (Å²) in [4.78, 5) is 8.13. The zero-order valence-corrected chi connectivity index (χ0v) is 17.4. The van der Waals surface area contributed by atoms with E-state index in [-0.39, 0.29) is 0 Å². The van der Waals surface area contributed by atoms with Crippen LogP contribution in [0.25, 0.3) is 22.2 Å². The highest BCUT2D eigenvalue weighted by atomic mass is 79.9. The molecule has 0 saturated heterocycles. The van der Waals surface area contributed by atoms with Crippen LogP contribution in [0.2, 0.25) is 0 Å². The molecule has 142 valence electrons. The summed E-state index contributed by atoms with van der Waals surface area (Å²) in [5.74, 6) is 1.45. The van der Waals surface area contributed by atoms with Gasteiger partial charge in [-0.1, -0.05) is 46.3 Å². The number of fused-ring (bicyclic) bond motifs is 1. The number of aromatic amines is 1. The standard InChI is InChI=1S/C21H17BrN2O3S/c1-28(25,26)20-8-3-2-7-17(20)14-9-10-18-19(11-14)24-21(23-18)13-27-16-6-4-5-15(22)12-16/h2-12H,13H2,1H3,(H,23,24). The van der Waals surface area contributed by atoms with Gasteiger partial charge < -0.3 is 9.72 Å². The Balaban J connectivity index is 1.64. The van der Waals surface area contributed by atoms with Crippen molar-refractivity contribution in [3.05, 3.63) is 77.0 Å². The second-order valence-electron chi connectivity index (χ2n) is 6.43. The monoisotopic (exact) mass is 456 g/mol. The molecule has 4 aromatic rings. The zero-order chi connectivity index (χ0) is 19.7. The minimum Gasteiger partial charge on any atom is -0.486 e. The number of rotatable bonds is 5. The van der Waals surface area contributed by atoms with Gasteiger partial charge in [0.25, 0.3) is 0 Å². The molecule has 0 aliphatic rings. The summed E-state index contributed by atoms with van der Waals surface area (Å²) in [7, 11) is -3.32. The van der Waals surface area contributed by atoms with Crippen molar-refractivity contribution in [2.45, 2.75) is 11.5 Å². The highest BCUT2D eigenvalue weighted by Crippen LogP contribution is 2.29. The lowest BCUT2D eigenvalue weighted by atomic mass is 10.1. The van der Waals surface area contributed by atoms with E-state index in [0.29, 0.717) is 22.9 Å². The molecule has 1 N–H and O–H groups in total. The first-order valence-electron chi connectivity index (χ1n) is 8.57. The number of hydrogen-bond donors (Lipinski definition) is 1. The van der Waals surface area contributed by atoms with Crippen molar-refractivity contribution in [3.63, 3.8) is 0 Å². The Kier molecular flexibility index (Phi) is 4.95. The maximum Gasteiger partial charge on any atom is 0.176 e. The van der Waals surface area contributed by atoms with Gasteiger partial charge in [0.1, 0.15) is 18.2 Å². The van der Waals surface area contributed by atoms with Gasteiger partial charge in [0.15, 0.2) is 9.84 Å². The van der Waals surface area contributed by atoms with Gasteiger partial charge >= 0.3 is 0 Å². The second kappa shape index (κ2) is 7.41. The minimum atomic E-state index is -3.32. The van der Waals surface area contributed by atoms with Crippen molar-refractivity contribution in [2.24, 2.45) is 0 Å². The van der Waals surface area contributed by atoms with Crippen molar-refractivity contribution in [1.82, 2.24) is 9.97 Å². The normalized spacial score (nSPS) is 11.6. The van der Waals surface area contributed by atoms with Crippen molar-refractivity contribution in [2.75, 3.05) is 6.26 Å². The van der Waals surface area contributed by atoms with Crippen LogP contribution in [-0.4, -0.2) is 24.6 Å². The van der Waals surface area contributed by atoms with E-state index in [9.17, 15) is 8.42 Å². The first-order chi connectivity index (χ1) is 13.4. The number of hydrogen-bond acceptors (Lipinski definition) is 4. The summed E-state index contributed by atoms with van der Waals surface area (Å²) in [5.41, 5.74) is 3.10. The third-order valence-corrected chi connectivity index (χ3v) is 5.95. The lowest BCUT2D eigenvalue weighted by Crippen LogP contribution is -1.99. The summed E-state index contributed by atoms with van der Waals surface area (Å²) in [6, 6.07) is 20.3. The Morgan fingerprint density at radius 1 is 1.04 bits per heavy atom. The molecule has 0 bridgehead atoms. The quantitative estimate of drug-likeness (QED) is 0.459. The van der Waals surface area contributed by atoms with Crippen molar-refractivity contribution in [3.8, 4) is 16.9 Å². The number of ether oxygens (including phenoxy) is 1. The summed E-state index contributed by atoms with van der Waals surface area (Å²) in [6.45, 7) is 0.306. The topological polar surface area (TPSA) is 72.0 Å². The van der Waals surface area contributed by atoms with E-state index in [2.05, 4.69) is 25.9 Å². The van der Waals surface area contributed by atoms with E-state index in [1.165, 1.54) is 6.26 Å². The van der Waals surface area contributed by atoms with E-state index >= 15 is 0 Å². The highest BCUT2D eigenvalue weighted by Gasteiger charge is 2.15. The fourth-order valence-corrected chi connectivity index (χ4v) is 4.32. The Morgan fingerprint density at radius 2 is 1.86 bits per heavy atom. The number of nitrogens with zero attached hydrogens (tertiary/aromatic N) is 1. The molecule has 0 spiro atoms. The lowest BCUT2D eigenvalue weighted by Gasteiger charge is -2.07. The Hall–Kier alpha value is -2.64. The van der Waals surface area contributed by atoms with Crippen LogP contribution in [0.4, 0.5) is 0 Å². The van der Waals surface area contributed by atoms with Crippen LogP contribution in [0.1, 0.15) is 5.82 Å². The molecule has 0 aliphatic carbocycles. The smallest absolute Gasteiger partial charge is 0.176 e. The summed E-state index contributed by atoms with van der Waals surface area (Å²) >= 11 is 3.42. The van der Waals surface area contributed by atoms with Gasteiger partial charge in [-0.3, -0.25) is 0 Å². The fourth-order valence-electron chi connectivity index (χ4n) is 3.03. The van der Waals surface area contributed by atoms with Crippen molar-refractivity contribution < 1.29 is 13.2 Å². The van der Waals surface area contributed by atoms with Crippen LogP contribution in [0.15, 0.2) is 76.1 Å². The van der Waals surface area contributed by atoms with Gasteiger partial charge in [-0.15, -0.1) is 0 Å². The summed E-state index contributed by atoms with van der Waals surface area (Å²) in [5, 5.41) is 0. The van der Waals surface area contributed by atoms with Crippen LogP contribution in [-0.2, 0) is 16.4 Å². The van der Waals surface area contributed by atoms with E-state index in [4.69, 9.17) is 4.74 Å². The molecule has 0 amide bonds. The SMILES string of the molecule is CS(=O)(=O)c1ccccc1-c1ccc2[nH]c(COc3cccc(Br)c3)nc2c1. The van der Waals surface area contributed by atoms with E-state index in [0.717, 1.165) is 26.8 Å². The molecule has 5 nitrogen and oxygen atoms in total. The molecular formula is C21H17BrN2O3S. The Morgan fingerprint density at radius 3 is 2.64 bits per heavy atom. The predicted octanol–water partition coefficient (Wildman–Crippen LogP) is 4.97. The molecule has 1 aromatic heterocycles. The predicted molar refractivity (Wildman–Crippen MR) is 113 cm³/mol. The van der Waals surface area contributed by atoms with Gasteiger partial charge in [0.05, 0.1) is 15.9 Å². The first-order valence-corrected chi connectivity index (χ1v) is 11.2. The van der Waals surface area contributed by atoms with Gasteiger partial charge in [-0.25, -0.2) is 13.4 Å². The molecule has 0 atom stereocenters. The molecule has 28 heavy (non-hydrogen) atoms. The molecule has 4 rings (SSSR count). The number of halogens is 1. The van der Waals surface area contributed by atoms with Gasteiger partial charge in [-0.05, 0) is 42.0 Å². The molecule has 3 aromatic carbocycles. The number of nitrogens with one attached hydrogen (secondary N) is 1. The third-order valence-electron chi connectivity index (χ3n) is 4.30. The molecule has 0 saturated carbocycles. The molecule has 0 aliphatic heterocycles. The van der Waals surface area contributed by atoms with Crippen LogP contribution >= 0.6 is 15.9 Å². The average Bonchev–Trinajstić information content (AvgIpc) is 3.08. The first kappa shape index (κ1) is 18.7. The molecule has 0 radical (unpaired) electrons.